The molecule has 0 fully saturated rings. The minimum atomic E-state index is -3.87. The van der Waals surface area contributed by atoms with Gasteiger partial charge in [0, 0.05) is 12.0 Å². The highest BCUT2D eigenvalue weighted by molar-refractivity contribution is 7.92. The summed E-state index contributed by atoms with van der Waals surface area (Å²) < 4.78 is 46.4. The summed E-state index contributed by atoms with van der Waals surface area (Å²) in [6.45, 7) is 5.83. The third-order valence-corrected chi connectivity index (χ3v) is 7.76. The van der Waals surface area contributed by atoms with Crippen LogP contribution in [0.5, 0.6) is 5.75 Å². The summed E-state index contributed by atoms with van der Waals surface area (Å²) in [7, 11) is -3.87. The van der Waals surface area contributed by atoms with Gasteiger partial charge in [-0.05, 0) is 43.5 Å². The summed E-state index contributed by atoms with van der Waals surface area (Å²) in [6.07, 6.45) is 3.34. The SMILES string of the molecule is CC[C@H](C(=O)N[C@H]1CC(CC)(CC)Oc2ccccc21)N(c1ccc(F)c(Cl)c1)S(C)(=O)=O. The number of halogens is 2. The van der Waals surface area contributed by atoms with E-state index in [2.05, 4.69) is 19.2 Å². The Labute approximate surface area is 200 Å². The summed E-state index contributed by atoms with van der Waals surface area (Å²) in [4.78, 5) is 13.5. The number of rotatable bonds is 8. The van der Waals surface area contributed by atoms with E-state index in [1.165, 1.54) is 12.1 Å². The Morgan fingerprint density at radius 2 is 1.91 bits per heavy atom. The van der Waals surface area contributed by atoms with Crippen molar-refractivity contribution in [1.82, 2.24) is 5.32 Å². The van der Waals surface area contributed by atoms with Crippen LogP contribution >= 0.6 is 11.6 Å². The highest BCUT2D eigenvalue weighted by atomic mass is 35.5. The molecule has 2 atom stereocenters. The molecule has 0 radical (unpaired) electrons. The van der Waals surface area contributed by atoms with Gasteiger partial charge in [-0.3, -0.25) is 9.10 Å². The quantitative estimate of drug-likeness (QED) is 0.543. The summed E-state index contributed by atoms with van der Waals surface area (Å²) in [6, 6.07) is 9.80. The predicted molar refractivity (Wildman–Crippen MR) is 129 cm³/mol. The lowest BCUT2D eigenvalue weighted by atomic mass is 9.83. The first-order chi connectivity index (χ1) is 15.5. The van der Waals surface area contributed by atoms with Crippen molar-refractivity contribution in [2.45, 2.75) is 64.1 Å². The first-order valence-electron chi connectivity index (χ1n) is 11.1. The average molecular weight is 497 g/mol. The van der Waals surface area contributed by atoms with Crippen molar-refractivity contribution in [1.29, 1.82) is 0 Å². The second-order valence-corrected chi connectivity index (χ2v) is 10.6. The van der Waals surface area contributed by atoms with Gasteiger partial charge in [0.25, 0.3) is 0 Å². The van der Waals surface area contributed by atoms with Crippen molar-refractivity contribution in [3.63, 3.8) is 0 Å². The van der Waals surface area contributed by atoms with Gasteiger partial charge >= 0.3 is 0 Å². The van der Waals surface area contributed by atoms with Crippen LogP contribution in [-0.2, 0) is 14.8 Å². The Morgan fingerprint density at radius 3 is 2.48 bits per heavy atom. The van der Waals surface area contributed by atoms with Gasteiger partial charge in [0.15, 0.2) is 0 Å². The van der Waals surface area contributed by atoms with Crippen LogP contribution in [0.2, 0.25) is 5.02 Å². The van der Waals surface area contributed by atoms with Crippen LogP contribution in [0.15, 0.2) is 42.5 Å². The zero-order chi connectivity index (χ0) is 24.4. The number of sulfonamides is 1. The van der Waals surface area contributed by atoms with Gasteiger partial charge in [-0.25, -0.2) is 12.8 Å². The van der Waals surface area contributed by atoms with E-state index >= 15 is 0 Å². The van der Waals surface area contributed by atoms with Crippen LogP contribution in [-0.4, -0.2) is 32.2 Å². The predicted octanol–water partition coefficient (Wildman–Crippen LogP) is 5.22. The first-order valence-corrected chi connectivity index (χ1v) is 13.3. The number of para-hydroxylation sites is 1. The Hall–Kier alpha value is -2.32. The van der Waals surface area contributed by atoms with Gasteiger partial charge < -0.3 is 10.1 Å². The number of fused-ring (bicyclic) bond motifs is 1. The monoisotopic (exact) mass is 496 g/mol. The molecule has 0 bridgehead atoms. The lowest BCUT2D eigenvalue weighted by molar-refractivity contribution is -0.123. The van der Waals surface area contributed by atoms with Crippen molar-refractivity contribution < 1.29 is 22.3 Å². The highest BCUT2D eigenvalue weighted by Gasteiger charge is 2.40. The molecule has 1 aliphatic rings. The number of hydrogen-bond acceptors (Lipinski definition) is 4. The summed E-state index contributed by atoms with van der Waals surface area (Å²) in [5.74, 6) is -0.386. The number of nitrogens with one attached hydrogen (secondary N) is 1. The third kappa shape index (κ3) is 5.27. The molecule has 180 valence electrons. The topological polar surface area (TPSA) is 75.7 Å². The van der Waals surface area contributed by atoms with Crippen molar-refractivity contribution >= 4 is 33.2 Å². The van der Waals surface area contributed by atoms with E-state index < -0.39 is 33.4 Å². The number of amides is 1. The van der Waals surface area contributed by atoms with E-state index in [-0.39, 0.29) is 23.2 Å². The van der Waals surface area contributed by atoms with E-state index in [1.54, 1.807) is 6.92 Å². The fourth-order valence-electron chi connectivity index (χ4n) is 4.38. The minimum Gasteiger partial charge on any atom is -0.487 e. The molecule has 2 aromatic carbocycles. The molecule has 9 heteroatoms. The minimum absolute atomic E-state index is 0.134. The van der Waals surface area contributed by atoms with Crippen LogP contribution in [0.4, 0.5) is 10.1 Å². The Kier molecular flexibility index (Phi) is 7.59. The molecule has 1 aliphatic heterocycles. The molecule has 0 spiro atoms. The number of carbonyl (C=O) groups excluding carboxylic acids is 1. The molecular weight excluding hydrogens is 467 g/mol. The summed E-state index contributed by atoms with van der Waals surface area (Å²) >= 11 is 5.90. The van der Waals surface area contributed by atoms with E-state index in [0.717, 1.165) is 40.8 Å². The fraction of sp³-hybridized carbons (Fsp3) is 0.458. The normalized spacial score (nSPS) is 18.1. The Morgan fingerprint density at radius 1 is 1.24 bits per heavy atom. The number of nitrogens with zero attached hydrogens (tertiary/aromatic N) is 1. The molecule has 0 aliphatic carbocycles. The number of carbonyl (C=O) groups is 1. The molecule has 3 rings (SSSR count). The number of benzene rings is 2. The van der Waals surface area contributed by atoms with Crippen LogP contribution in [0.25, 0.3) is 0 Å². The van der Waals surface area contributed by atoms with Crippen molar-refractivity contribution in [3.8, 4) is 5.75 Å². The molecule has 2 aromatic rings. The fourth-order valence-corrected chi connectivity index (χ4v) is 5.76. The second kappa shape index (κ2) is 9.89. The van der Waals surface area contributed by atoms with Gasteiger partial charge in [-0.15, -0.1) is 0 Å². The van der Waals surface area contributed by atoms with Gasteiger partial charge in [-0.1, -0.05) is 50.6 Å². The van der Waals surface area contributed by atoms with Crippen molar-refractivity contribution in [3.05, 3.63) is 58.9 Å². The van der Waals surface area contributed by atoms with Crippen LogP contribution in [0.1, 0.15) is 58.1 Å². The van der Waals surface area contributed by atoms with Gasteiger partial charge in [-0.2, -0.15) is 0 Å². The van der Waals surface area contributed by atoms with E-state index in [1.807, 2.05) is 24.3 Å². The van der Waals surface area contributed by atoms with Crippen LogP contribution in [0.3, 0.4) is 0 Å². The Bertz CT molecular complexity index is 1120. The maximum atomic E-state index is 13.7. The molecular formula is C24H30ClFN2O4S. The maximum Gasteiger partial charge on any atom is 0.244 e. The van der Waals surface area contributed by atoms with Crippen molar-refractivity contribution in [2.75, 3.05) is 10.6 Å². The standard InChI is InChI=1S/C24H30ClFN2O4S/c1-5-21(28(33(4,30)31)16-12-13-19(26)18(25)14-16)23(29)27-20-15-24(6-2,7-3)32-22-11-9-8-10-17(20)22/h8-14,20-21H,5-7,15H2,1-4H3,(H,27,29)/t20-,21+/m0/s1. The molecule has 0 saturated carbocycles. The molecule has 0 saturated heterocycles. The largest absolute Gasteiger partial charge is 0.487 e. The molecule has 1 N–H and O–H groups in total. The van der Waals surface area contributed by atoms with Gasteiger partial charge in [0.1, 0.15) is 23.2 Å². The summed E-state index contributed by atoms with van der Waals surface area (Å²) in [5.41, 5.74) is 0.568. The first kappa shape index (κ1) is 25.3. The van der Waals surface area contributed by atoms with Gasteiger partial charge in [0.05, 0.1) is 23.0 Å². The number of anilines is 1. The van der Waals surface area contributed by atoms with Crippen LogP contribution < -0.4 is 14.4 Å². The zero-order valence-electron chi connectivity index (χ0n) is 19.3. The lowest BCUT2D eigenvalue weighted by Crippen LogP contribution is -2.52. The van der Waals surface area contributed by atoms with E-state index in [9.17, 15) is 17.6 Å². The molecule has 33 heavy (non-hydrogen) atoms. The van der Waals surface area contributed by atoms with Crippen molar-refractivity contribution in [2.24, 2.45) is 0 Å². The molecule has 0 aromatic heterocycles. The number of ether oxygens (including phenoxy) is 1. The molecule has 1 amide bonds. The van der Waals surface area contributed by atoms with E-state index in [0.29, 0.717) is 6.42 Å². The smallest absolute Gasteiger partial charge is 0.244 e. The summed E-state index contributed by atoms with van der Waals surface area (Å²) in [5, 5.41) is 2.85. The average Bonchev–Trinajstić information content (AvgIpc) is 2.78. The maximum absolute atomic E-state index is 13.7. The zero-order valence-corrected chi connectivity index (χ0v) is 20.8. The molecule has 6 nitrogen and oxygen atoms in total. The molecule has 0 unspecified atom stereocenters. The van der Waals surface area contributed by atoms with Gasteiger partial charge in [0.2, 0.25) is 15.9 Å². The second-order valence-electron chi connectivity index (χ2n) is 8.38. The number of hydrogen-bond donors (Lipinski definition) is 1. The Balaban J connectivity index is 1.97. The van der Waals surface area contributed by atoms with Crippen LogP contribution in [0, 0.1) is 5.82 Å². The lowest BCUT2D eigenvalue weighted by Gasteiger charge is -2.42. The molecule has 1 heterocycles. The highest BCUT2D eigenvalue weighted by Crippen LogP contribution is 2.42. The van der Waals surface area contributed by atoms with E-state index in [4.69, 9.17) is 16.3 Å². The third-order valence-electron chi connectivity index (χ3n) is 6.29.